The fraction of sp³-hybridized carbons (Fsp3) is 0.692. The van der Waals surface area contributed by atoms with Gasteiger partial charge in [0.1, 0.15) is 11.2 Å². The first-order valence-corrected chi connectivity index (χ1v) is 6.11. The first-order chi connectivity index (χ1) is 9.70. The van der Waals surface area contributed by atoms with E-state index >= 15 is 0 Å². The third kappa shape index (κ3) is 0.994. The van der Waals surface area contributed by atoms with E-state index in [1.807, 2.05) is 18.2 Å². The first kappa shape index (κ1) is 15.4. The number of ketones is 1. The van der Waals surface area contributed by atoms with E-state index in [2.05, 4.69) is 5.73 Å². The van der Waals surface area contributed by atoms with Crippen LogP contribution in [0.15, 0.2) is 0 Å². The van der Waals surface area contributed by atoms with E-state index in [1.165, 1.54) is 28.1 Å². The van der Waals surface area contributed by atoms with Crippen LogP contribution in [-0.2, 0) is 19.0 Å². The summed E-state index contributed by atoms with van der Waals surface area (Å²) in [7, 11) is 2.50. The Labute approximate surface area is 121 Å². The SMILES string of the molecule is CO[C@@]1(C)O[C@@]([NH3+])(OC)[C@]2(C#N)C(C#N)(C#N)[C@]12C(C)=O. The number of hydrogen-bond acceptors (Lipinski definition) is 7. The van der Waals surface area contributed by atoms with Crippen LogP contribution in [0.2, 0.25) is 0 Å². The van der Waals surface area contributed by atoms with E-state index < -0.39 is 33.7 Å². The lowest BCUT2D eigenvalue weighted by molar-refractivity contribution is -0.653. The molecule has 0 spiro atoms. The molecular formula is C13H15N4O4+. The van der Waals surface area contributed by atoms with Crippen molar-refractivity contribution in [2.24, 2.45) is 16.2 Å². The van der Waals surface area contributed by atoms with Crippen molar-refractivity contribution in [1.82, 2.24) is 0 Å². The summed E-state index contributed by atoms with van der Waals surface area (Å²) in [6.45, 7) is 2.60. The van der Waals surface area contributed by atoms with Crippen molar-refractivity contribution in [3.8, 4) is 18.2 Å². The van der Waals surface area contributed by atoms with Crippen LogP contribution in [0.1, 0.15) is 13.8 Å². The molecule has 4 atom stereocenters. The normalized spacial score (nSPS) is 45.8. The number of nitriles is 3. The standard InChI is InChI=1S/C13H14N4O4/c1-8(18)12-9(2,19-3)21-13(17,20-4)11(12,7-16)10(12,5-14)6-15/h17H2,1-4H3/p+1/t9-,11+,12-,13-/m0/s1. The second-order valence-electron chi connectivity index (χ2n) is 5.35. The van der Waals surface area contributed by atoms with Gasteiger partial charge in [-0.15, -0.1) is 0 Å². The van der Waals surface area contributed by atoms with Crippen molar-refractivity contribution < 1.29 is 24.7 Å². The molecule has 1 saturated heterocycles. The van der Waals surface area contributed by atoms with Crippen LogP contribution in [0.4, 0.5) is 0 Å². The number of hydrogen-bond donors (Lipinski definition) is 1. The predicted octanol–water partition coefficient (Wildman–Crippen LogP) is -0.946. The Kier molecular flexibility index (Phi) is 2.77. The van der Waals surface area contributed by atoms with Gasteiger partial charge in [0.05, 0.1) is 18.2 Å². The third-order valence-electron chi connectivity index (χ3n) is 4.99. The van der Waals surface area contributed by atoms with E-state index in [-0.39, 0.29) is 0 Å². The second-order valence-corrected chi connectivity index (χ2v) is 5.35. The van der Waals surface area contributed by atoms with Gasteiger partial charge in [-0.2, -0.15) is 15.8 Å². The van der Waals surface area contributed by atoms with Crippen molar-refractivity contribution in [3.63, 3.8) is 0 Å². The Morgan fingerprint density at radius 1 is 1.14 bits per heavy atom. The molecule has 2 fully saturated rings. The molecule has 8 nitrogen and oxygen atoms in total. The summed E-state index contributed by atoms with van der Waals surface area (Å²) in [4.78, 5) is 12.4. The molecule has 0 unspecified atom stereocenters. The maximum absolute atomic E-state index is 12.4. The maximum atomic E-state index is 12.4. The van der Waals surface area contributed by atoms with Gasteiger partial charge < -0.3 is 15.2 Å². The minimum Gasteiger partial charge on any atom is -0.352 e. The maximum Gasteiger partial charge on any atom is 0.340 e. The van der Waals surface area contributed by atoms with Gasteiger partial charge in [0, 0.05) is 14.2 Å². The summed E-state index contributed by atoms with van der Waals surface area (Å²) >= 11 is 0. The minimum atomic E-state index is -1.96. The van der Waals surface area contributed by atoms with Crippen LogP contribution >= 0.6 is 0 Å². The lowest BCUT2D eigenvalue weighted by atomic mass is 9.82. The Morgan fingerprint density at radius 3 is 1.95 bits per heavy atom. The molecule has 1 aliphatic carbocycles. The largest absolute Gasteiger partial charge is 0.352 e. The van der Waals surface area contributed by atoms with Crippen molar-refractivity contribution in [1.29, 1.82) is 15.8 Å². The number of carbonyl (C=O) groups excluding carboxylic acids is 1. The van der Waals surface area contributed by atoms with Gasteiger partial charge in [-0.25, -0.2) is 0 Å². The summed E-state index contributed by atoms with van der Waals surface area (Å²) in [5.41, 5.74) is -1.91. The summed E-state index contributed by atoms with van der Waals surface area (Å²) in [6.07, 6.45) is 0. The highest BCUT2D eigenvalue weighted by atomic mass is 16.8. The predicted molar refractivity (Wildman–Crippen MR) is 63.9 cm³/mol. The molecule has 2 rings (SSSR count). The minimum absolute atomic E-state index is 0.556. The number of methoxy groups -OCH3 is 2. The molecule has 21 heavy (non-hydrogen) atoms. The van der Waals surface area contributed by atoms with Gasteiger partial charge in [0.25, 0.3) is 0 Å². The molecule has 0 aromatic heterocycles. The number of Topliss-reactive ketones (excluding diaryl/α,β-unsaturated/α-hetero) is 1. The molecule has 3 N–H and O–H groups in total. The van der Waals surface area contributed by atoms with Crippen LogP contribution < -0.4 is 5.73 Å². The smallest absolute Gasteiger partial charge is 0.340 e. The highest BCUT2D eigenvalue weighted by Gasteiger charge is 3.10. The molecule has 0 aromatic rings. The third-order valence-corrected chi connectivity index (χ3v) is 4.99. The molecule has 1 saturated carbocycles. The topological polar surface area (TPSA) is 144 Å². The lowest BCUT2D eigenvalue weighted by Gasteiger charge is -2.34. The number of nitrogens with zero attached hydrogens (tertiary/aromatic N) is 3. The van der Waals surface area contributed by atoms with Gasteiger partial charge in [0.15, 0.2) is 11.2 Å². The summed E-state index contributed by atoms with van der Waals surface area (Å²) < 4.78 is 16.1. The molecular weight excluding hydrogens is 276 g/mol. The zero-order chi connectivity index (χ0) is 16.3. The summed E-state index contributed by atoms with van der Waals surface area (Å²) in [5.74, 6) is -4.11. The molecule has 2 aliphatic rings. The number of carbonyl (C=O) groups is 1. The Morgan fingerprint density at radius 2 is 1.67 bits per heavy atom. The van der Waals surface area contributed by atoms with Gasteiger partial charge in [-0.3, -0.25) is 9.53 Å². The van der Waals surface area contributed by atoms with Gasteiger partial charge in [-0.1, -0.05) is 0 Å². The van der Waals surface area contributed by atoms with E-state index in [4.69, 9.17) is 14.2 Å². The zero-order valence-electron chi connectivity index (χ0n) is 12.2. The van der Waals surface area contributed by atoms with Crippen LogP contribution in [0, 0.1) is 50.2 Å². The number of ether oxygens (including phenoxy) is 3. The Balaban J connectivity index is 2.97. The average Bonchev–Trinajstić information content (AvgIpc) is 3.00. The zero-order valence-corrected chi connectivity index (χ0v) is 12.2. The molecule has 0 bridgehead atoms. The van der Waals surface area contributed by atoms with E-state index in [0.717, 1.165) is 0 Å². The molecule has 8 heteroatoms. The van der Waals surface area contributed by atoms with Gasteiger partial charge >= 0.3 is 5.91 Å². The van der Waals surface area contributed by atoms with Crippen molar-refractivity contribution in [2.75, 3.05) is 14.2 Å². The van der Waals surface area contributed by atoms with E-state index in [0.29, 0.717) is 0 Å². The van der Waals surface area contributed by atoms with E-state index in [1.54, 1.807) is 0 Å². The van der Waals surface area contributed by atoms with Crippen LogP contribution in [0.3, 0.4) is 0 Å². The van der Waals surface area contributed by atoms with Crippen molar-refractivity contribution >= 4 is 5.78 Å². The number of quaternary nitrogens is 1. The summed E-state index contributed by atoms with van der Waals surface area (Å²) in [5, 5.41) is 28.8. The highest BCUT2D eigenvalue weighted by Crippen LogP contribution is 2.89. The average molecular weight is 291 g/mol. The van der Waals surface area contributed by atoms with Crippen LogP contribution in [0.25, 0.3) is 0 Å². The highest BCUT2D eigenvalue weighted by molar-refractivity contribution is 5.95. The van der Waals surface area contributed by atoms with E-state index in [9.17, 15) is 20.6 Å². The van der Waals surface area contributed by atoms with Crippen LogP contribution in [0.5, 0.6) is 0 Å². The quantitative estimate of drug-likeness (QED) is 0.660. The molecule has 0 amide bonds. The molecule has 1 heterocycles. The summed E-state index contributed by atoms with van der Waals surface area (Å²) in [6, 6.07) is 5.53. The molecule has 110 valence electrons. The van der Waals surface area contributed by atoms with Crippen LogP contribution in [-0.4, -0.2) is 31.7 Å². The fourth-order valence-corrected chi connectivity index (χ4v) is 4.13. The molecule has 0 aromatic carbocycles. The van der Waals surface area contributed by atoms with Crippen molar-refractivity contribution in [3.05, 3.63) is 0 Å². The van der Waals surface area contributed by atoms with Gasteiger partial charge in [0.2, 0.25) is 5.41 Å². The van der Waals surface area contributed by atoms with Gasteiger partial charge in [-0.05, 0) is 13.8 Å². The Bertz CT molecular complexity index is 645. The lowest BCUT2D eigenvalue weighted by Crippen LogP contribution is -2.79. The Hall–Kier alpha value is -2.02. The second kappa shape index (κ2) is 3.79. The molecule has 1 aliphatic heterocycles. The monoisotopic (exact) mass is 291 g/mol. The fourth-order valence-electron chi connectivity index (χ4n) is 4.13. The van der Waals surface area contributed by atoms with Crippen molar-refractivity contribution in [2.45, 2.75) is 25.5 Å². The number of rotatable bonds is 3. The molecule has 0 radical (unpaired) electrons. The first-order valence-electron chi connectivity index (χ1n) is 6.11. The number of fused-ring (bicyclic) bond motifs is 1.